The number of amides is 1. The maximum atomic E-state index is 12.3. The fourth-order valence-corrected chi connectivity index (χ4v) is 4.67. The molecule has 156 valence electrons. The number of sulfone groups is 1. The number of likely N-dealkylation sites (N-methyl/N-ethyl adjacent to an activating group) is 1. The van der Waals surface area contributed by atoms with Crippen LogP contribution in [0.15, 0.2) is 18.2 Å². The minimum Gasteiger partial charge on any atom is -0.493 e. The summed E-state index contributed by atoms with van der Waals surface area (Å²) in [7, 11) is -1.94. The molecule has 0 bridgehead atoms. The summed E-state index contributed by atoms with van der Waals surface area (Å²) < 4.78 is 62.0. The lowest BCUT2D eigenvalue weighted by atomic mass is 10.2. The molecule has 1 saturated heterocycles. The quantitative estimate of drug-likeness (QED) is 0.587. The van der Waals surface area contributed by atoms with Crippen LogP contribution in [0.5, 0.6) is 11.5 Å². The Morgan fingerprint density at radius 2 is 2.00 bits per heavy atom. The van der Waals surface area contributed by atoms with Gasteiger partial charge in [0.1, 0.15) is 0 Å². The van der Waals surface area contributed by atoms with Crippen molar-refractivity contribution in [2.75, 3.05) is 31.8 Å². The van der Waals surface area contributed by atoms with Crippen LogP contribution in [-0.4, -0.2) is 69.6 Å². The van der Waals surface area contributed by atoms with Gasteiger partial charge in [0.25, 0.3) is 5.91 Å². The summed E-state index contributed by atoms with van der Waals surface area (Å²) in [5.74, 6) is -1.79. The topological polar surface area (TPSA) is 99.2 Å². The molecule has 1 aromatic carbocycles. The summed E-state index contributed by atoms with van der Waals surface area (Å²) in [5, 5.41) is 0. The number of carbonyl (C=O) groups excluding carboxylic acids is 2. The SMILES string of the molecule is CCN(C(=O)COC(=O)c1ccc(OC(F)F)c(OC)c1)[C@H]1CCS(=O)(=O)C1. The molecule has 1 atom stereocenters. The van der Waals surface area contributed by atoms with E-state index in [0.717, 1.165) is 12.1 Å². The normalized spacial score (nSPS) is 18.0. The van der Waals surface area contributed by atoms with Crippen molar-refractivity contribution in [3.8, 4) is 11.5 Å². The van der Waals surface area contributed by atoms with E-state index in [1.165, 1.54) is 18.1 Å². The molecule has 0 spiro atoms. The Labute approximate surface area is 161 Å². The maximum Gasteiger partial charge on any atom is 0.387 e. The monoisotopic (exact) mass is 421 g/mol. The van der Waals surface area contributed by atoms with Gasteiger partial charge in [0.05, 0.1) is 24.2 Å². The highest BCUT2D eigenvalue weighted by molar-refractivity contribution is 7.91. The van der Waals surface area contributed by atoms with Gasteiger partial charge >= 0.3 is 12.6 Å². The van der Waals surface area contributed by atoms with E-state index in [-0.39, 0.29) is 35.1 Å². The van der Waals surface area contributed by atoms with Crippen molar-refractivity contribution in [1.29, 1.82) is 0 Å². The average Bonchev–Trinajstić information content (AvgIpc) is 2.99. The summed E-state index contributed by atoms with van der Waals surface area (Å²) in [6, 6.07) is 3.05. The van der Waals surface area contributed by atoms with Gasteiger partial charge in [-0.05, 0) is 31.5 Å². The van der Waals surface area contributed by atoms with Crippen LogP contribution in [0.2, 0.25) is 0 Å². The lowest BCUT2D eigenvalue weighted by Crippen LogP contribution is -2.43. The number of carbonyl (C=O) groups is 2. The van der Waals surface area contributed by atoms with Crippen LogP contribution in [0, 0.1) is 0 Å². The minimum absolute atomic E-state index is 0.0160. The number of hydrogen-bond donors (Lipinski definition) is 0. The third kappa shape index (κ3) is 5.54. The zero-order chi connectivity index (χ0) is 20.9. The number of halogens is 2. The molecule has 28 heavy (non-hydrogen) atoms. The molecular formula is C17H21F2NO7S. The predicted octanol–water partition coefficient (Wildman–Crippen LogP) is 1.49. The van der Waals surface area contributed by atoms with Crippen LogP contribution in [0.4, 0.5) is 8.78 Å². The molecule has 0 unspecified atom stereocenters. The second-order valence-corrected chi connectivity index (χ2v) is 8.29. The van der Waals surface area contributed by atoms with E-state index < -0.39 is 41.0 Å². The van der Waals surface area contributed by atoms with Gasteiger partial charge < -0.3 is 19.1 Å². The molecule has 0 aromatic heterocycles. The molecule has 0 aliphatic carbocycles. The van der Waals surface area contributed by atoms with Crippen molar-refractivity contribution in [2.24, 2.45) is 0 Å². The first-order valence-electron chi connectivity index (χ1n) is 8.46. The summed E-state index contributed by atoms with van der Waals surface area (Å²) >= 11 is 0. The van der Waals surface area contributed by atoms with E-state index in [0.29, 0.717) is 6.42 Å². The van der Waals surface area contributed by atoms with Crippen molar-refractivity contribution < 1.29 is 41.0 Å². The van der Waals surface area contributed by atoms with Crippen LogP contribution in [0.25, 0.3) is 0 Å². The first-order chi connectivity index (χ1) is 13.2. The molecule has 1 aromatic rings. The van der Waals surface area contributed by atoms with Crippen LogP contribution in [-0.2, 0) is 19.4 Å². The highest BCUT2D eigenvalue weighted by Crippen LogP contribution is 2.29. The maximum absolute atomic E-state index is 12.3. The zero-order valence-corrected chi connectivity index (χ0v) is 16.2. The molecule has 0 N–H and O–H groups in total. The molecule has 0 radical (unpaired) electrons. The summed E-state index contributed by atoms with van der Waals surface area (Å²) in [4.78, 5) is 25.9. The summed E-state index contributed by atoms with van der Waals surface area (Å²) in [5.41, 5.74) is -0.0160. The Bertz CT molecular complexity index is 829. The number of hydrogen-bond acceptors (Lipinski definition) is 7. The summed E-state index contributed by atoms with van der Waals surface area (Å²) in [6.45, 7) is -1.63. The van der Waals surface area contributed by atoms with Gasteiger partial charge in [0.15, 0.2) is 27.9 Å². The largest absolute Gasteiger partial charge is 0.493 e. The van der Waals surface area contributed by atoms with E-state index in [4.69, 9.17) is 9.47 Å². The number of nitrogens with zero attached hydrogens (tertiary/aromatic N) is 1. The number of benzene rings is 1. The number of ether oxygens (including phenoxy) is 3. The molecule has 1 aliphatic heterocycles. The molecule has 11 heteroatoms. The Morgan fingerprint density at radius 3 is 2.54 bits per heavy atom. The van der Waals surface area contributed by atoms with Crippen LogP contribution in [0.3, 0.4) is 0 Å². The van der Waals surface area contributed by atoms with Gasteiger partial charge in [0, 0.05) is 12.6 Å². The second-order valence-electron chi connectivity index (χ2n) is 6.06. The van der Waals surface area contributed by atoms with Crippen molar-refractivity contribution in [3.63, 3.8) is 0 Å². The number of esters is 1. The number of alkyl halides is 2. The molecule has 1 amide bonds. The third-order valence-electron chi connectivity index (χ3n) is 4.25. The Balaban J connectivity index is 1.99. The lowest BCUT2D eigenvalue weighted by molar-refractivity contribution is -0.136. The molecule has 2 rings (SSSR count). The summed E-state index contributed by atoms with van der Waals surface area (Å²) in [6.07, 6.45) is 0.346. The van der Waals surface area contributed by atoms with Crippen molar-refractivity contribution >= 4 is 21.7 Å². The zero-order valence-electron chi connectivity index (χ0n) is 15.4. The third-order valence-corrected chi connectivity index (χ3v) is 6.00. The lowest BCUT2D eigenvalue weighted by Gasteiger charge is -2.26. The molecule has 1 aliphatic rings. The molecule has 1 heterocycles. The molecule has 8 nitrogen and oxygen atoms in total. The molecule has 0 saturated carbocycles. The first-order valence-corrected chi connectivity index (χ1v) is 10.3. The van der Waals surface area contributed by atoms with Crippen LogP contribution < -0.4 is 9.47 Å². The average molecular weight is 421 g/mol. The second kappa shape index (κ2) is 9.18. The van der Waals surface area contributed by atoms with Crippen LogP contribution in [0.1, 0.15) is 23.7 Å². The highest BCUT2D eigenvalue weighted by Gasteiger charge is 2.34. The fraction of sp³-hybridized carbons (Fsp3) is 0.529. The highest BCUT2D eigenvalue weighted by atomic mass is 32.2. The van der Waals surface area contributed by atoms with Gasteiger partial charge in [-0.25, -0.2) is 13.2 Å². The van der Waals surface area contributed by atoms with E-state index in [1.807, 2.05) is 0 Å². The van der Waals surface area contributed by atoms with Gasteiger partial charge in [-0.15, -0.1) is 0 Å². The smallest absolute Gasteiger partial charge is 0.387 e. The molecule has 1 fully saturated rings. The van der Waals surface area contributed by atoms with Gasteiger partial charge in [0.2, 0.25) is 0 Å². The number of rotatable bonds is 8. The fourth-order valence-electron chi connectivity index (χ4n) is 2.94. The predicted molar refractivity (Wildman–Crippen MR) is 94.4 cm³/mol. The van der Waals surface area contributed by atoms with Crippen molar-refractivity contribution in [1.82, 2.24) is 4.90 Å². The first kappa shape index (κ1) is 21.9. The van der Waals surface area contributed by atoms with Crippen molar-refractivity contribution in [2.45, 2.75) is 26.0 Å². The minimum atomic E-state index is -3.16. The van der Waals surface area contributed by atoms with E-state index in [9.17, 15) is 26.8 Å². The van der Waals surface area contributed by atoms with Gasteiger partial charge in [-0.1, -0.05) is 0 Å². The van der Waals surface area contributed by atoms with Gasteiger partial charge in [-0.2, -0.15) is 8.78 Å². The molecular weight excluding hydrogens is 400 g/mol. The Hall–Kier alpha value is -2.43. The van der Waals surface area contributed by atoms with Crippen LogP contribution >= 0.6 is 0 Å². The van der Waals surface area contributed by atoms with Gasteiger partial charge in [-0.3, -0.25) is 4.79 Å². The van der Waals surface area contributed by atoms with E-state index >= 15 is 0 Å². The van der Waals surface area contributed by atoms with E-state index in [1.54, 1.807) is 6.92 Å². The Morgan fingerprint density at radius 1 is 1.29 bits per heavy atom. The Kier molecular flexibility index (Phi) is 7.17. The number of methoxy groups -OCH3 is 1. The van der Waals surface area contributed by atoms with E-state index in [2.05, 4.69) is 4.74 Å². The standard InChI is InChI=1S/C17H21F2NO7S/c1-3-20(12-6-7-28(23,24)10-12)15(21)9-26-16(22)11-4-5-13(27-17(18)19)14(8-11)25-2/h4-5,8,12,17H,3,6-7,9-10H2,1-2H3/t12-/m0/s1. The van der Waals surface area contributed by atoms with Crippen molar-refractivity contribution in [3.05, 3.63) is 23.8 Å².